The third kappa shape index (κ3) is 10.7. The molecule has 268 valence electrons. The minimum absolute atomic E-state index is 0.845. The van der Waals surface area contributed by atoms with Gasteiger partial charge in [-0.3, -0.25) is 0 Å². The first-order valence-electron chi connectivity index (χ1n) is 19.0. The standard InChI is InChI=1S/C52H55N/c1-7-10-14-25-46-38-43(39-47-26-16-13-17-29-50(46)47)23-19-28-48(21-9-3)53(52-31-20-27-45-24-15-12-18-30-51(45)52)49-35-34-44(42(6)37-49)33-32-41(5)36-40(4)22-11-8-2/h7-8,10-22,24-25,27-29,31-32,34-35,37-39H,2,4,9,23,26,30,33,36H2,1,3,5-6H3/b10-7-,22-11-,25-14-,28-19-,41-32-,48-21+. The molecule has 0 heterocycles. The summed E-state index contributed by atoms with van der Waals surface area (Å²) in [6, 6.07) is 18.4. The summed E-state index contributed by atoms with van der Waals surface area (Å²) in [7, 11) is 0. The van der Waals surface area contributed by atoms with E-state index in [1.165, 1.54) is 67.2 Å². The maximum absolute atomic E-state index is 4.20. The molecule has 0 spiro atoms. The summed E-state index contributed by atoms with van der Waals surface area (Å²) in [5.74, 6) is 0. The molecule has 53 heavy (non-hydrogen) atoms. The second-order valence-electron chi connectivity index (χ2n) is 13.7. The molecule has 0 saturated carbocycles. The van der Waals surface area contributed by atoms with Crippen LogP contribution in [-0.2, 0) is 25.7 Å². The van der Waals surface area contributed by atoms with Crippen LogP contribution in [0.15, 0.2) is 176 Å². The Hall–Kier alpha value is -5.66. The highest BCUT2D eigenvalue weighted by Gasteiger charge is 2.19. The van der Waals surface area contributed by atoms with E-state index in [-0.39, 0.29) is 0 Å². The van der Waals surface area contributed by atoms with Crippen molar-refractivity contribution in [1.29, 1.82) is 0 Å². The quantitative estimate of drug-likeness (QED) is 0.113. The van der Waals surface area contributed by atoms with Crippen LogP contribution in [0.1, 0.15) is 78.1 Å². The molecule has 0 atom stereocenters. The maximum Gasteiger partial charge on any atom is 0.0502 e. The van der Waals surface area contributed by atoms with Gasteiger partial charge in [-0.15, -0.1) is 0 Å². The fourth-order valence-corrected chi connectivity index (χ4v) is 6.95. The van der Waals surface area contributed by atoms with Gasteiger partial charge >= 0.3 is 0 Å². The lowest BCUT2D eigenvalue weighted by Gasteiger charge is -2.30. The van der Waals surface area contributed by atoms with Crippen LogP contribution in [0.5, 0.6) is 0 Å². The van der Waals surface area contributed by atoms with Gasteiger partial charge in [0.1, 0.15) is 0 Å². The summed E-state index contributed by atoms with van der Waals surface area (Å²) >= 11 is 0. The van der Waals surface area contributed by atoms with Crippen molar-refractivity contribution in [3.05, 3.63) is 220 Å². The number of nitrogens with zero attached hydrogens (tertiary/aromatic N) is 1. The number of hydrogen-bond donors (Lipinski definition) is 0. The lowest BCUT2D eigenvalue weighted by molar-refractivity contribution is 1.09. The van der Waals surface area contributed by atoms with Crippen molar-refractivity contribution < 1.29 is 0 Å². The maximum atomic E-state index is 4.20. The highest BCUT2D eigenvalue weighted by molar-refractivity contribution is 5.78. The summed E-state index contributed by atoms with van der Waals surface area (Å²) in [5, 5.41) is 0. The van der Waals surface area contributed by atoms with Crippen molar-refractivity contribution in [2.45, 2.75) is 66.2 Å². The van der Waals surface area contributed by atoms with Crippen LogP contribution < -0.4 is 4.90 Å². The van der Waals surface area contributed by atoms with Gasteiger partial charge in [-0.05, 0) is 128 Å². The normalized spacial score (nSPS) is 14.3. The first-order chi connectivity index (χ1) is 25.9. The molecule has 0 radical (unpaired) electrons. The topological polar surface area (TPSA) is 3.24 Å². The Balaban J connectivity index is 1.51. The van der Waals surface area contributed by atoms with Gasteiger partial charge in [0, 0.05) is 11.4 Å². The Bertz CT molecular complexity index is 2090. The molecule has 0 bridgehead atoms. The predicted molar refractivity (Wildman–Crippen MR) is 236 cm³/mol. The van der Waals surface area contributed by atoms with Crippen molar-refractivity contribution in [2.24, 2.45) is 0 Å². The number of allylic oxidation sites excluding steroid dienone is 18. The van der Waals surface area contributed by atoms with Crippen molar-refractivity contribution in [1.82, 2.24) is 0 Å². The van der Waals surface area contributed by atoms with Crippen LogP contribution >= 0.6 is 0 Å². The van der Waals surface area contributed by atoms with Gasteiger partial charge in [-0.2, -0.15) is 0 Å². The Morgan fingerprint density at radius 2 is 1.70 bits per heavy atom. The summed E-state index contributed by atoms with van der Waals surface area (Å²) in [6.07, 6.45) is 46.6. The molecule has 5 rings (SSSR count). The minimum atomic E-state index is 0.845. The molecule has 2 aliphatic rings. The highest BCUT2D eigenvalue weighted by Crippen LogP contribution is 2.37. The predicted octanol–water partition coefficient (Wildman–Crippen LogP) is 14.2. The molecule has 0 fully saturated rings. The number of aryl methyl sites for hydroxylation is 1. The Morgan fingerprint density at radius 1 is 0.868 bits per heavy atom. The molecule has 0 aromatic heterocycles. The molecular formula is C52H55N. The second kappa shape index (κ2) is 19.8. The van der Waals surface area contributed by atoms with E-state index in [0.717, 1.165) is 44.1 Å². The number of fused-ring (bicyclic) bond motifs is 2. The zero-order valence-electron chi connectivity index (χ0n) is 32.2. The van der Waals surface area contributed by atoms with E-state index >= 15 is 0 Å². The average molecular weight is 694 g/mol. The molecule has 0 amide bonds. The molecule has 0 N–H and O–H groups in total. The van der Waals surface area contributed by atoms with Crippen molar-refractivity contribution in [3.8, 4) is 0 Å². The van der Waals surface area contributed by atoms with E-state index < -0.39 is 0 Å². The smallest absolute Gasteiger partial charge is 0.0502 e. The number of hydrogen-bond acceptors (Lipinski definition) is 1. The van der Waals surface area contributed by atoms with Crippen LogP contribution in [0, 0.1) is 6.92 Å². The Kier molecular flexibility index (Phi) is 14.4. The highest BCUT2D eigenvalue weighted by atomic mass is 15.1. The minimum Gasteiger partial charge on any atom is -0.311 e. The van der Waals surface area contributed by atoms with Crippen LogP contribution in [0.2, 0.25) is 0 Å². The molecule has 3 aromatic carbocycles. The van der Waals surface area contributed by atoms with E-state index in [0.29, 0.717) is 0 Å². The van der Waals surface area contributed by atoms with Crippen molar-refractivity contribution in [2.75, 3.05) is 4.90 Å². The molecule has 0 saturated heterocycles. The second-order valence-corrected chi connectivity index (χ2v) is 13.7. The van der Waals surface area contributed by atoms with Crippen molar-refractivity contribution in [3.63, 3.8) is 0 Å². The molecule has 1 nitrogen and oxygen atoms in total. The van der Waals surface area contributed by atoms with Crippen molar-refractivity contribution >= 4 is 29.6 Å². The summed E-state index contributed by atoms with van der Waals surface area (Å²) in [6.45, 7) is 16.7. The van der Waals surface area contributed by atoms with E-state index in [1.807, 2.05) is 12.2 Å². The number of anilines is 2. The fraction of sp³-hybridized carbons (Fsp3) is 0.192. The lowest BCUT2D eigenvalue weighted by Crippen LogP contribution is -2.18. The van der Waals surface area contributed by atoms with E-state index in [9.17, 15) is 0 Å². The third-order valence-corrected chi connectivity index (χ3v) is 9.60. The molecule has 3 aromatic rings. The SMILES string of the molecule is C=C/C=C\C(=C)C/C(C)=C\Cc1ccc(N(C(/C=C\Cc2cc(/C=C\C=C/C)c3c(c2)CC=CC=C3)=C/CC)c2cccc3c2CC=CC=C3)cc1C. The average Bonchev–Trinajstić information content (AvgIpc) is 3.55. The van der Waals surface area contributed by atoms with Gasteiger partial charge in [0.15, 0.2) is 0 Å². The lowest BCUT2D eigenvalue weighted by atomic mass is 9.94. The largest absolute Gasteiger partial charge is 0.311 e. The van der Waals surface area contributed by atoms with Crippen LogP contribution in [0.25, 0.3) is 18.2 Å². The first kappa shape index (κ1) is 38.6. The molecular weight excluding hydrogens is 639 g/mol. The van der Waals surface area contributed by atoms with Gasteiger partial charge in [0.25, 0.3) is 0 Å². The number of rotatable bonds is 15. The zero-order valence-corrected chi connectivity index (χ0v) is 32.2. The molecule has 0 unspecified atom stereocenters. The summed E-state index contributed by atoms with van der Waals surface area (Å²) < 4.78 is 0. The van der Waals surface area contributed by atoms with Crippen LogP contribution in [0.3, 0.4) is 0 Å². The monoisotopic (exact) mass is 693 g/mol. The van der Waals surface area contributed by atoms with Crippen LogP contribution in [-0.4, -0.2) is 0 Å². The summed E-state index contributed by atoms with van der Waals surface area (Å²) in [4.78, 5) is 2.47. The van der Waals surface area contributed by atoms with E-state index in [2.05, 4.69) is 191 Å². The summed E-state index contributed by atoms with van der Waals surface area (Å²) in [5.41, 5.74) is 16.5. The van der Waals surface area contributed by atoms with Crippen LogP contribution in [0.4, 0.5) is 11.4 Å². The van der Waals surface area contributed by atoms with Gasteiger partial charge in [-0.1, -0.05) is 171 Å². The van der Waals surface area contributed by atoms with E-state index in [4.69, 9.17) is 0 Å². The fourth-order valence-electron chi connectivity index (χ4n) is 6.95. The van der Waals surface area contributed by atoms with Gasteiger partial charge in [-0.25, -0.2) is 0 Å². The molecule has 2 aliphatic carbocycles. The molecule has 0 aliphatic heterocycles. The zero-order chi connectivity index (χ0) is 37.4. The Labute approximate surface area is 319 Å². The van der Waals surface area contributed by atoms with Gasteiger partial charge < -0.3 is 4.90 Å². The third-order valence-electron chi connectivity index (χ3n) is 9.60. The van der Waals surface area contributed by atoms with Gasteiger partial charge in [0.2, 0.25) is 0 Å². The number of benzene rings is 3. The van der Waals surface area contributed by atoms with E-state index in [1.54, 1.807) is 6.08 Å². The first-order valence-corrected chi connectivity index (χ1v) is 19.0. The molecule has 1 heteroatoms. The van der Waals surface area contributed by atoms with Gasteiger partial charge in [0.05, 0.1) is 5.69 Å². The Morgan fingerprint density at radius 3 is 2.49 bits per heavy atom.